The molecule has 0 saturated carbocycles. The van der Waals surface area contributed by atoms with E-state index < -0.39 is 6.17 Å². The van der Waals surface area contributed by atoms with E-state index in [2.05, 4.69) is 53.8 Å². The topological polar surface area (TPSA) is 63.0 Å². The quantitative estimate of drug-likeness (QED) is 0.273. The number of hydrogen-bond donors (Lipinski definition) is 1. The molecule has 0 spiro atoms. The zero-order valence-corrected chi connectivity index (χ0v) is 20.3. The van der Waals surface area contributed by atoms with Gasteiger partial charge < -0.3 is 14.2 Å². The van der Waals surface area contributed by atoms with E-state index in [-0.39, 0.29) is 0 Å². The summed E-state index contributed by atoms with van der Waals surface area (Å²) in [4.78, 5) is 10.2. The van der Waals surface area contributed by atoms with Crippen molar-refractivity contribution in [3.63, 3.8) is 0 Å². The number of nitrogens with zero attached hydrogens (tertiary/aromatic N) is 2. The molecule has 2 aromatic heterocycles. The van der Waals surface area contributed by atoms with Crippen LogP contribution in [0.5, 0.6) is 0 Å². The van der Waals surface area contributed by atoms with Crippen LogP contribution in [0.2, 0.25) is 0 Å². The lowest BCUT2D eigenvalue weighted by molar-refractivity contribution is 0.648. The summed E-state index contributed by atoms with van der Waals surface area (Å²) in [5, 5.41) is 7.79. The predicted molar refractivity (Wildman–Crippen MR) is 153 cm³/mol. The largest absolute Gasteiger partial charge is 0.456 e. The molecule has 1 atom stereocenters. The summed E-state index contributed by atoms with van der Waals surface area (Å²) in [6.45, 7) is 0. The minimum Gasteiger partial charge on any atom is -0.456 e. The summed E-state index contributed by atoms with van der Waals surface area (Å²) in [7, 11) is 0. The number of furan rings is 2. The van der Waals surface area contributed by atoms with Gasteiger partial charge in [-0.15, -0.1) is 0 Å². The van der Waals surface area contributed by atoms with Crippen LogP contribution >= 0.6 is 0 Å². The van der Waals surface area contributed by atoms with Crippen LogP contribution in [0.4, 0.5) is 0 Å². The lowest BCUT2D eigenvalue weighted by Crippen LogP contribution is -2.36. The van der Waals surface area contributed by atoms with Crippen molar-refractivity contribution < 1.29 is 8.83 Å². The van der Waals surface area contributed by atoms with Gasteiger partial charge in [0.15, 0.2) is 6.17 Å². The molecule has 0 fully saturated rings. The van der Waals surface area contributed by atoms with Crippen LogP contribution in [-0.4, -0.2) is 11.7 Å². The highest BCUT2D eigenvalue weighted by molar-refractivity contribution is 6.21. The summed E-state index contributed by atoms with van der Waals surface area (Å²) >= 11 is 0. The van der Waals surface area contributed by atoms with Gasteiger partial charge in [0, 0.05) is 32.7 Å². The van der Waals surface area contributed by atoms with Crippen LogP contribution in [0, 0.1) is 0 Å². The van der Waals surface area contributed by atoms with Crippen molar-refractivity contribution in [2.45, 2.75) is 6.17 Å². The van der Waals surface area contributed by atoms with Gasteiger partial charge in [0.25, 0.3) is 0 Å². The molecule has 7 aromatic rings. The Balaban J connectivity index is 1.36. The van der Waals surface area contributed by atoms with Gasteiger partial charge in [0.05, 0.1) is 5.56 Å². The van der Waals surface area contributed by atoms with Crippen molar-refractivity contribution in [1.82, 2.24) is 5.32 Å². The van der Waals surface area contributed by atoms with Crippen LogP contribution in [-0.2, 0) is 0 Å². The number of rotatable bonds is 3. The maximum absolute atomic E-state index is 6.35. The Labute approximate surface area is 217 Å². The Morgan fingerprint density at radius 2 is 1.08 bits per heavy atom. The molecule has 3 heterocycles. The Bertz CT molecular complexity index is 2060. The minimum absolute atomic E-state index is 0.495. The van der Waals surface area contributed by atoms with E-state index in [1.54, 1.807) is 0 Å². The number of benzene rings is 5. The minimum atomic E-state index is -0.495. The van der Waals surface area contributed by atoms with E-state index in [0.29, 0.717) is 5.84 Å². The second kappa shape index (κ2) is 8.18. The molecule has 1 unspecified atom stereocenters. The second-order valence-corrected chi connectivity index (χ2v) is 9.42. The Morgan fingerprint density at radius 3 is 1.84 bits per heavy atom. The molecular formula is C33H21N3O2. The fourth-order valence-corrected chi connectivity index (χ4v) is 5.37. The lowest BCUT2D eigenvalue weighted by Gasteiger charge is -2.22. The number of para-hydroxylation sites is 4. The zero-order valence-electron chi connectivity index (χ0n) is 20.3. The predicted octanol–water partition coefficient (Wildman–Crippen LogP) is 7.98. The highest BCUT2D eigenvalue weighted by Gasteiger charge is 2.25. The Hall–Kier alpha value is -5.16. The first kappa shape index (κ1) is 21.0. The first-order valence-corrected chi connectivity index (χ1v) is 12.6. The first-order valence-electron chi connectivity index (χ1n) is 12.6. The van der Waals surface area contributed by atoms with Crippen molar-refractivity contribution in [3.05, 3.63) is 132 Å². The van der Waals surface area contributed by atoms with E-state index in [0.717, 1.165) is 66.4 Å². The normalized spacial score (nSPS) is 15.6. The van der Waals surface area contributed by atoms with Crippen LogP contribution in [0.3, 0.4) is 0 Å². The molecule has 38 heavy (non-hydrogen) atoms. The van der Waals surface area contributed by atoms with Crippen molar-refractivity contribution >= 4 is 55.5 Å². The Morgan fingerprint density at radius 1 is 0.500 bits per heavy atom. The molecule has 0 aliphatic carbocycles. The second-order valence-electron chi connectivity index (χ2n) is 9.42. The average Bonchev–Trinajstić information content (AvgIpc) is 3.56. The number of amidine groups is 2. The molecule has 5 heteroatoms. The van der Waals surface area contributed by atoms with Crippen molar-refractivity contribution in [2.75, 3.05) is 0 Å². The molecule has 1 aliphatic rings. The monoisotopic (exact) mass is 491 g/mol. The van der Waals surface area contributed by atoms with Gasteiger partial charge >= 0.3 is 0 Å². The van der Waals surface area contributed by atoms with Crippen molar-refractivity contribution in [3.8, 4) is 0 Å². The van der Waals surface area contributed by atoms with Gasteiger partial charge in [-0.2, -0.15) is 0 Å². The van der Waals surface area contributed by atoms with E-state index in [1.165, 1.54) is 0 Å². The summed E-state index contributed by atoms with van der Waals surface area (Å²) in [6, 6.07) is 38.7. The Kier molecular flexibility index (Phi) is 4.52. The fraction of sp³-hybridized carbons (Fsp3) is 0.0303. The zero-order chi connectivity index (χ0) is 25.1. The molecule has 0 amide bonds. The SMILES string of the molecule is c1ccc(C2=NC(c3cccc4c3oc3ccccc34)N=C(c3cccc4c3oc3ccccc34)N2)cc1. The molecule has 0 radical (unpaired) electrons. The summed E-state index contributed by atoms with van der Waals surface area (Å²) in [5.74, 6) is 1.46. The van der Waals surface area contributed by atoms with E-state index in [9.17, 15) is 0 Å². The first-order chi connectivity index (χ1) is 18.8. The van der Waals surface area contributed by atoms with Crippen LogP contribution < -0.4 is 5.32 Å². The van der Waals surface area contributed by atoms with Crippen molar-refractivity contribution in [1.29, 1.82) is 0 Å². The number of hydrogen-bond acceptors (Lipinski definition) is 5. The lowest BCUT2D eigenvalue weighted by atomic mass is 10.0. The van der Waals surface area contributed by atoms with E-state index in [4.69, 9.17) is 18.8 Å². The average molecular weight is 492 g/mol. The van der Waals surface area contributed by atoms with Gasteiger partial charge in [-0.05, 0) is 18.2 Å². The standard InChI is InChI=1S/C33H21N3O2/c1-2-10-20(11-3-1)31-34-32(25-16-8-14-23-21-12-4-6-18-27(21)37-29(23)25)36-33(35-31)26-17-9-15-24-22-13-5-7-19-28(22)38-30(24)26/h1-19,32H,(H,34,35,36). The molecule has 0 bridgehead atoms. The maximum atomic E-state index is 6.35. The van der Waals surface area contributed by atoms with Gasteiger partial charge in [-0.3, -0.25) is 0 Å². The van der Waals surface area contributed by atoms with Gasteiger partial charge in [-0.1, -0.05) is 97.1 Å². The van der Waals surface area contributed by atoms with Gasteiger partial charge in [0.2, 0.25) is 0 Å². The third-order valence-corrected chi connectivity index (χ3v) is 7.16. The highest BCUT2D eigenvalue weighted by Crippen LogP contribution is 2.37. The number of nitrogens with one attached hydrogen (secondary N) is 1. The number of aliphatic imine (C=N–C) groups is 2. The molecule has 180 valence electrons. The molecular weight excluding hydrogens is 470 g/mol. The van der Waals surface area contributed by atoms with E-state index >= 15 is 0 Å². The summed E-state index contributed by atoms with van der Waals surface area (Å²) in [6.07, 6.45) is -0.495. The van der Waals surface area contributed by atoms with Gasteiger partial charge in [-0.25, -0.2) is 9.98 Å². The van der Waals surface area contributed by atoms with Gasteiger partial charge in [0.1, 0.15) is 34.0 Å². The fourth-order valence-electron chi connectivity index (χ4n) is 5.37. The van der Waals surface area contributed by atoms with E-state index in [1.807, 2.05) is 66.7 Å². The molecule has 8 rings (SSSR count). The highest BCUT2D eigenvalue weighted by atomic mass is 16.3. The third-order valence-electron chi connectivity index (χ3n) is 7.16. The maximum Gasteiger partial charge on any atom is 0.173 e. The molecule has 5 aromatic carbocycles. The summed E-state index contributed by atoms with van der Waals surface area (Å²) < 4.78 is 12.7. The molecule has 0 saturated heterocycles. The molecule has 1 aliphatic heterocycles. The van der Waals surface area contributed by atoms with Crippen LogP contribution in [0.15, 0.2) is 134 Å². The molecule has 1 N–H and O–H groups in total. The number of fused-ring (bicyclic) bond motifs is 6. The van der Waals surface area contributed by atoms with Crippen LogP contribution in [0.1, 0.15) is 22.9 Å². The van der Waals surface area contributed by atoms with Crippen molar-refractivity contribution in [2.24, 2.45) is 9.98 Å². The van der Waals surface area contributed by atoms with Crippen LogP contribution in [0.25, 0.3) is 43.9 Å². The third kappa shape index (κ3) is 3.19. The molecule has 5 nitrogen and oxygen atoms in total. The summed E-state index contributed by atoms with van der Waals surface area (Å²) in [5.41, 5.74) is 6.11. The smallest absolute Gasteiger partial charge is 0.173 e.